The molecule has 0 saturated heterocycles. The van der Waals surface area contributed by atoms with Gasteiger partial charge >= 0.3 is 0 Å². The number of hydrogen-bond acceptors (Lipinski definition) is 3. The van der Waals surface area contributed by atoms with Gasteiger partial charge in [-0.25, -0.2) is 4.98 Å². The van der Waals surface area contributed by atoms with Crippen LogP contribution in [0.4, 0.5) is 0 Å². The zero-order valence-electron chi connectivity index (χ0n) is 12.2. The van der Waals surface area contributed by atoms with Gasteiger partial charge < -0.3 is 0 Å². The fourth-order valence-corrected chi connectivity index (χ4v) is 3.63. The maximum absolute atomic E-state index is 9.45. The topological polar surface area (TPSA) is 36.7 Å². The van der Waals surface area contributed by atoms with Gasteiger partial charge in [-0.15, -0.1) is 11.3 Å². The summed E-state index contributed by atoms with van der Waals surface area (Å²) in [5.74, 6) is 0. The van der Waals surface area contributed by atoms with Crippen molar-refractivity contribution in [3.05, 3.63) is 45.8 Å². The van der Waals surface area contributed by atoms with Crippen molar-refractivity contribution in [3.8, 4) is 17.3 Å². The second-order valence-electron chi connectivity index (χ2n) is 5.39. The normalized spacial score (nSPS) is 14.2. The number of nitriles is 1. The summed E-state index contributed by atoms with van der Waals surface area (Å²) in [7, 11) is 0. The molecule has 21 heavy (non-hydrogen) atoms. The van der Waals surface area contributed by atoms with Crippen molar-refractivity contribution < 1.29 is 0 Å². The molecule has 0 spiro atoms. The molecule has 1 aliphatic carbocycles. The van der Waals surface area contributed by atoms with E-state index in [0.29, 0.717) is 0 Å². The number of nitrogens with zero attached hydrogens (tertiary/aromatic N) is 2. The Balaban J connectivity index is 1.92. The first-order valence-corrected chi connectivity index (χ1v) is 8.37. The lowest BCUT2D eigenvalue weighted by Crippen LogP contribution is -1.87. The summed E-state index contributed by atoms with van der Waals surface area (Å²) in [5.41, 5.74) is 5.54. The van der Waals surface area contributed by atoms with Crippen molar-refractivity contribution in [3.63, 3.8) is 0 Å². The summed E-state index contributed by atoms with van der Waals surface area (Å²) in [6.07, 6.45) is 5.58. The van der Waals surface area contributed by atoms with E-state index in [4.69, 9.17) is 0 Å². The Labute approximate surface area is 129 Å². The van der Waals surface area contributed by atoms with Crippen LogP contribution in [-0.4, -0.2) is 4.98 Å². The van der Waals surface area contributed by atoms with Crippen molar-refractivity contribution in [2.75, 3.05) is 0 Å². The Kier molecular flexibility index (Phi) is 4.17. The minimum absolute atomic E-state index is 0.814. The van der Waals surface area contributed by atoms with Crippen molar-refractivity contribution in [2.45, 2.75) is 39.0 Å². The summed E-state index contributed by atoms with van der Waals surface area (Å²) in [4.78, 5) is 4.69. The maximum atomic E-state index is 9.45. The number of aromatic nitrogens is 1. The van der Waals surface area contributed by atoms with E-state index in [1.165, 1.54) is 24.0 Å². The molecule has 0 atom stereocenters. The highest BCUT2D eigenvalue weighted by atomic mass is 32.1. The van der Waals surface area contributed by atoms with Gasteiger partial charge in [-0.3, -0.25) is 0 Å². The van der Waals surface area contributed by atoms with Crippen LogP contribution in [0.1, 0.15) is 43.2 Å². The molecule has 1 aromatic carbocycles. The first-order chi connectivity index (χ1) is 10.3. The lowest BCUT2D eigenvalue weighted by molar-refractivity contribution is 0.886. The molecule has 0 N–H and O–H groups in total. The molecule has 0 bridgehead atoms. The van der Waals surface area contributed by atoms with Crippen LogP contribution in [0.5, 0.6) is 0 Å². The molecule has 1 aromatic heterocycles. The molecule has 106 valence electrons. The number of allylic oxidation sites excluding steroid dienone is 2. The van der Waals surface area contributed by atoms with E-state index in [1.54, 1.807) is 11.3 Å². The highest BCUT2D eigenvalue weighted by Gasteiger charge is 2.17. The molecule has 1 fully saturated rings. The van der Waals surface area contributed by atoms with Crippen LogP contribution < -0.4 is 0 Å². The Morgan fingerprint density at radius 3 is 2.57 bits per heavy atom. The highest BCUT2D eigenvalue weighted by Crippen LogP contribution is 2.34. The predicted octanol–water partition coefficient (Wildman–Crippen LogP) is 5.22. The third kappa shape index (κ3) is 2.91. The summed E-state index contributed by atoms with van der Waals surface area (Å²) >= 11 is 1.58. The van der Waals surface area contributed by atoms with Crippen LogP contribution in [0, 0.1) is 11.3 Å². The molecular formula is C18H18N2S. The van der Waals surface area contributed by atoms with Gasteiger partial charge in [-0.1, -0.05) is 31.2 Å². The average molecular weight is 294 g/mol. The molecule has 0 aliphatic heterocycles. The van der Waals surface area contributed by atoms with Crippen LogP contribution in [0.25, 0.3) is 16.8 Å². The fourth-order valence-electron chi connectivity index (χ4n) is 2.76. The monoisotopic (exact) mass is 294 g/mol. The van der Waals surface area contributed by atoms with E-state index in [2.05, 4.69) is 47.6 Å². The van der Waals surface area contributed by atoms with Gasteiger partial charge in [0.1, 0.15) is 11.1 Å². The Hall–Kier alpha value is -1.92. The standard InChI is InChI=1S/C18H18N2S/c1-2-13-7-9-15(10-8-13)17-12-21-18(20-17)16(11-19)14-5-3-4-6-14/h7-10,12H,2-6H2,1H3. The van der Waals surface area contributed by atoms with Gasteiger partial charge in [0.15, 0.2) is 0 Å². The quantitative estimate of drug-likeness (QED) is 0.727. The molecule has 1 saturated carbocycles. The first kappa shape index (κ1) is 14.0. The van der Waals surface area contributed by atoms with E-state index in [0.717, 1.165) is 41.1 Å². The van der Waals surface area contributed by atoms with Crippen molar-refractivity contribution in [2.24, 2.45) is 0 Å². The minimum Gasteiger partial charge on any atom is -0.235 e. The Morgan fingerprint density at radius 1 is 1.24 bits per heavy atom. The van der Waals surface area contributed by atoms with Gasteiger partial charge in [0, 0.05) is 10.9 Å². The van der Waals surface area contributed by atoms with E-state index >= 15 is 0 Å². The van der Waals surface area contributed by atoms with Crippen molar-refractivity contribution in [1.82, 2.24) is 4.98 Å². The van der Waals surface area contributed by atoms with Gasteiger partial charge in [0.05, 0.1) is 11.3 Å². The second kappa shape index (κ2) is 6.24. The van der Waals surface area contributed by atoms with E-state index < -0.39 is 0 Å². The number of rotatable bonds is 3. The minimum atomic E-state index is 0.814. The molecule has 2 aromatic rings. The maximum Gasteiger partial charge on any atom is 0.134 e. The number of thiazole rings is 1. The third-order valence-corrected chi connectivity index (χ3v) is 4.91. The Bertz CT molecular complexity index is 694. The zero-order valence-corrected chi connectivity index (χ0v) is 13.0. The highest BCUT2D eigenvalue weighted by molar-refractivity contribution is 7.11. The molecule has 3 heteroatoms. The van der Waals surface area contributed by atoms with Gasteiger partial charge in [0.2, 0.25) is 0 Å². The zero-order chi connectivity index (χ0) is 14.7. The molecule has 2 nitrogen and oxygen atoms in total. The van der Waals surface area contributed by atoms with E-state index in [-0.39, 0.29) is 0 Å². The summed E-state index contributed by atoms with van der Waals surface area (Å²) in [6, 6.07) is 10.9. The predicted molar refractivity (Wildman–Crippen MR) is 87.9 cm³/mol. The van der Waals surface area contributed by atoms with Crippen molar-refractivity contribution in [1.29, 1.82) is 5.26 Å². The van der Waals surface area contributed by atoms with Gasteiger partial charge in [0.25, 0.3) is 0 Å². The largest absolute Gasteiger partial charge is 0.235 e. The van der Waals surface area contributed by atoms with Crippen LogP contribution in [-0.2, 0) is 6.42 Å². The van der Waals surface area contributed by atoms with E-state index in [9.17, 15) is 5.26 Å². The van der Waals surface area contributed by atoms with Crippen LogP contribution in [0.3, 0.4) is 0 Å². The van der Waals surface area contributed by atoms with Gasteiger partial charge in [-0.2, -0.15) is 5.26 Å². The second-order valence-corrected chi connectivity index (χ2v) is 6.24. The van der Waals surface area contributed by atoms with Crippen LogP contribution in [0.2, 0.25) is 0 Å². The lowest BCUT2D eigenvalue weighted by atomic mass is 10.1. The number of hydrogen-bond donors (Lipinski definition) is 0. The molecular weight excluding hydrogens is 276 g/mol. The molecule has 3 rings (SSSR count). The third-order valence-electron chi connectivity index (χ3n) is 4.05. The fraction of sp³-hybridized carbons (Fsp3) is 0.333. The summed E-state index contributed by atoms with van der Waals surface area (Å²) < 4.78 is 0. The lowest BCUT2D eigenvalue weighted by Gasteiger charge is -2.00. The van der Waals surface area contributed by atoms with Crippen molar-refractivity contribution >= 4 is 16.9 Å². The Morgan fingerprint density at radius 2 is 1.95 bits per heavy atom. The molecule has 0 amide bonds. The molecule has 0 radical (unpaired) electrons. The average Bonchev–Trinajstić information content (AvgIpc) is 3.20. The SMILES string of the molecule is CCc1ccc(-c2csc(C(C#N)=C3CCCC3)n2)cc1. The smallest absolute Gasteiger partial charge is 0.134 e. The van der Waals surface area contributed by atoms with E-state index in [1.807, 2.05) is 0 Å². The number of aryl methyl sites for hydroxylation is 1. The van der Waals surface area contributed by atoms with Crippen LogP contribution in [0.15, 0.2) is 35.2 Å². The molecule has 1 aliphatic rings. The molecule has 1 heterocycles. The summed E-state index contributed by atoms with van der Waals surface area (Å²) in [5, 5.41) is 12.4. The van der Waals surface area contributed by atoms with Crippen LogP contribution >= 0.6 is 11.3 Å². The van der Waals surface area contributed by atoms with Gasteiger partial charge in [-0.05, 0) is 43.2 Å². The first-order valence-electron chi connectivity index (χ1n) is 7.49. The number of benzene rings is 1. The summed E-state index contributed by atoms with van der Waals surface area (Å²) in [6.45, 7) is 2.16. The molecule has 0 unspecified atom stereocenters.